The molecule has 1 saturated carbocycles. The molecule has 1 fully saturated rings. The number of carbonyl (C=O) groups is 1. The molecule has 1 heterocycles. The number of carbonyl (C=O) groups excluding carboxylic acids is 1. The molecule has 0 bridgehead atoms. The quantitative estimate of drug-likeness (QED) is 0.795. The van der Waals surface area contributed by atoms with Crippen molar-refractivity contribution in [2.45, 2.75) is 44.0 Å². The molecule has 1 aliphatic carbocycles. The van der Waals surface area contributed by atoms with Gasteiger partial charge in [0.15, 0.2) is 10.3 Å². The molecule has 2 atom stereocenters. The minimum atomic E-state index is -1.58. The van der Waals surface area contributed by atoms with E-state index in [1.54, 1.807) is 0 Å². The largest absolute Gasteiger partial charge is 0.383 e. The Kier molecular flexibility index (Phi) is 4.92. The fraction of sp³-hybridized carbons (Fsp3) is 0.471. The fourth-order valence-electron chi connectivity index (χ4n) is 3.10. The van der Waals surface area contributed by atoms with Crippen LogP contribution in [0, 0.1) is 23.5 Å². The standard InChI is InChI=1S/C17H19F2N3O2S/c1-10(12-3-4-12)17(24,14-6-5-13(18)7-15(14)19)8-22-16(20-9-21-22)25-11(2)23/h5-7,9-10,12,24H,3-4,8H2,1-2H3. The van der Waals surface area contributed by atoms with Crippen molar-refractivity contribution in [2.75, 3.05) is 0 Å². The van der Waals surface area contributed by atoms with Crippen LogP contribution in [0.15, 0.2) is 29.7 Å². The highest BCUT2D eigenvalue weighted by molar-refractivity contribution is 8.13. The van der Waals surface area contributed by atoms with Gasteiger partial charge < -0.3 is 5.11 Å². The van der Waals surface area contributed by atoms with E-state index in [-0.39, 0.29) is 29.1 Å². The first kappa shape index (κ1) is 18.0. The first-order valence-electron chi connectivity index (χ1n) is 8.05. The van der Waals surface area contributed by atoms with Gasteiger partial charge in [-0.05, 0) is 42.5 Å². The molecule has 0 amide bonds. The Bertz CT molecular complexity index is 794. The third kappa shape index (κ3) is 3.74. The predicted octanol–water partition coefficient (Wildman–Crippen LogP) is 3.13. The van der Waals surface area contributed by atoms with Crippen molar-refractivity contribution in [3.8, 4) is 0 Å². The van der Waals surface area contributed by atoms with Crippen molar-refractivity contribution in [2.24, 2.45) is 11.8 Å². The van der Waals surface area contributed by atoms with Gasteiger partial charge in [0, 0.05) is 18.6 Å². The zero-order valence-corrected chi connectivity index (χ0v) is 14.8. The van der Waals surface area contributed by atoms with Crippen molar-refractivity contribution in [3.63, 3.8) is 0 Å². The van der Waals surface area contributed by atoms with E-state index in [2.05, 4.69) is 10.1 Å². The van der Waals surface area contributed by atoms with Gasteiger partial charge in [0.25, 0.3) is 0 Å². The number of aromatic nitrogens is 3. The number of aliphatic hydroxyl groups is 1. The predicted molar refractivity (Wildman–Crippen MR) is 88.7 cm³/mol. The molecule has 1 N–H and O–H groups in total. The molecule has 2 aromatic rings. The lowest BCUT2D eigenvalue weighted by Crippen LogP contribution is -2.40. The van der Waals surface area contributed by atoms with Gasteiger partial charge in [-0.25, -0.2) is 18.4 Å². The van der Waals surface area contributed by atoms with Gasteiger partial charge in [-0.3, -0.25) is 4.79 Å². The highest BCUT2D eigenvalue weighted by Crippen LogP contribution is 2.47. The Labute approximate surface area is 148 Å². The third-order valence-corrected chi connectivity index (χ3v) is 5.47. The fourth-order valence-corrected chi connectivity index (χ4v) is 3.67. The van der Waals surface area contributed by atoms with Gasteiger partial charge in [0.1, 0.15) is 23.6 Å². The van der Waals surface area contributed by atoms with E-state index in [0.29, 0.717) is 5.16 Å². The van der Waals surface area contributed by atoms with Crippen LogP contribution in [0.3, 0.4) is 0 Å². The Morgan fingerprint density at radius 3 is 2.80 bits per heavy atom. The Morgan fingerprint density at radius 2 is 2.20 bits per heavy atom. The average Bonchev–Trinajstić information content (AvgIpc) is 3.29. The van der Waals surface area contributed by atoms with Crippen molar-refractivity contribution >= 4 is 16.9 Å². The van der Waals surface area contributed by atoms with Crippen LogP contribution in [-0.2, 0) is 16.9 Å². The van der Waals surface area contributed by atoms with Gasteiger partial charge in [-0.15, -0.1) is 0 Å². The molecule has 0 aliphatic heterocycles. The molecule has 1 aromatic carbocycles. The van der Waals surface area contributed by atoms with Gasteiger partial charge in [-0.2, -0.15) is 5.10 Å². The summed E-state index contributed by atoms with van der Waals surface area (Å²) in [5, 5.41) is 15.6. The first-order valence-corrected chi connectivity index (χ1v) is 8.87. The first-order chi connectivity index (χ1) is 11.8. The number of rotatable bonds is 6. The lowest BCUT2D eigenvalue weighted by atomic mass is 9.79. The van der Waals surface area contributed by atoms with Crippen molar-refractivity contribution in [3.05, 3.63) is 41.7 Å². The zero-order valence-electron chi connectivity index (χ0n) is 13.9. The summed E-state index contributed by atoms with van der Waals surface area (Å²) in [7, 11) is 0. The molecule has 134 valence electrons. The van der Waals surface area contributed by atoms with E-state index < -0.39 is 17.2 Å². The molecule has 25 heavy (non-hydrogen) atoms. The second kappa shape index (κ2) is 6.84. The minimum absolute atomic E-state index is 0.0302. The van der Waals surface area contributed by atoms with Crippen LogP contribution in [0.25, 0.3) is 0 Å². The summed E-state index contributed by atoms with van der Waals surface area (Å²) in [5.41, 5.74) is -1.55. The topological polar surface area (TPSA) is 68.0 Å². The summed E-state index contributed by atoms with van der Waals surface area (Å²) in [4.78, 5) is 15.4. The van der Waals surface area contributed by atoms with Crippen LogP contribution >= 0.6 is 11.8 Å². The number of thioether (sulfide) groups is 1. The molecular formula is C17H19F2N3O2S. The number of halogens is 2. The highest BCUT2D eigenvalue weighted by atomic mass is 32.2. The van der Waals surface area contributed by atoms with Gasteiger partial charge >= 0.3 is 0 Å². The lowest BCUT2D eigenvalue weighted by Gasteiger charge is -2.35. The maximum atomic E-state index is 14.4. The molecule has 5 nitrogen and oxygen atoms in total. The van der Waals surface area contributed by atoms with Crippen LogP contribution in [0.1, 0.15) is 32.3 Å². The Balaban J connectivity index is 2.00. The average molecular weight is 367 g/mol. The summed E-state index contributed by atoms with van der Waals surface area (Å²) >= 11 is 0.896. The number of nitrogens with zero attached hydrogens (tertiary/aromatic N) is 3. The van der Waals surface area contributed by atoms with E-state index in [1.165, 1.54) is 24.0 Å². The normalized spacial score (nSPS) is 18.0. The Morgan fingerprint density at radius 1 is 1.48 bits per heavy atom. The van der Waals surface area contributed by atoms with Crippen molar-refractivity contribution in [1.29, 1.82) is 0 Å². The maximum Gasteiger partial charge on any atom is 0.193 e. The molecular weight excluding hydrogens is 348 g/mol. The summed E-state index contributed by atoms with van der Waals surface area (Å²) in [6.45, 7) is 3.19. The lowest BCUT2D eigenvalue weighted by molar-refractivity contribution is -0.109. The zero-order chi connectivity index (χ0) is 18.2. The molecule has 0 spiro atoms. The molecule has 2 unspecified atom stereocenters. The van der Waals surface area contributed by atoms with Crippen molar-refractivity contribution in [1.82, 2.24) is 14.8 Å². The van der Waals surface area contributed by atoms with Gasteiger partial charge in [0.2, 0.25) is 0 Å². The maximum absolute atomic E-state index is 14.4. The van der Waals surface area contributed by atoms with Crippen LogP contribution in [0.5, 0.6) is 0 Å². The summed E-state index contributed by atoms with van der Waals surface area (Å²) in [6, 6.07) is 3.18. The minimum Gasteiger partial charge on any atom is -0.383 e. The van der Waals surface area contributed by atoms with E-state index in [4.69, 9.17) is 0 Å². The van der Waals surface area contributed by atoms with E-state index in [9.17, 15) is 18.7 Å². The smallest absolute Gasteiger partial charge is 0.193 e. The second-order valence-corrected chi connectivity index (χ2v) is 7.61. The second-order valence-electron chi connectivity index (χ2n) is 6.47. The van der Waals surface area contributed by atoms with E-state index in [1.807, 2.05) is 6.92 Å². The number of hydrogen-bond acceptors (Lipinski definition) is 5. The SMILES string of the molecule is CC(=O)Sc1ncnn1CC(O)(c1ccc(F)cc1F)C(C)C1CC1. The van der Waals surface area contributed by atoms with Crippen LogP contribution in [0.2, 0.25) is 0 Å². The molecule has 8 heteroatoms. The number of hydrogen-bond donors (Lipinski definition) is 1. The highest BCUT2D eigenvalue weighted by Gasteiger charge is 2.46. The monoisotopic (exact) mass is 367 g/mol. The molecule has 1 aliphatic rings. The van der Waals surface area contributed by atoms with E-state index in [0.717, 1.165) is 36.7 Å². The summed E-state index contributed by atoms with van der Waals surface area (Å²) < 4.78 is 29.1. The molecule has 0 radical (unpaired) electrons. The van der Waals surface area contributed by atoms with Gasteiger partial charge in [-0.1, -0.05) is 13.0 Å². The van der Waals surface area contributed by atoms with Crippen LogP contribution in [-0.4, -0.2) is 25.0 Å². The molecule has 3 rings (SSSR count). The van der Waals surface area contributed by atoms with Crippen LogP contribution in [0.4, 0.5) is 8.78 Å². The van der Waals surface area contributed by atoms with Gasteiger partial charge in [0.05, 0.1) is 6.54 Å². The third-order valence-electron chi connectivity index (χ3n) is 4.69. The molecule has 0 saturated heterocycles. The van der Waals surface area contributed by atoms with Crippen LogP contribution < -0.4 is 0 Å². The summed E-state index contributed by atoms with van der Waals surface area (Å²) in [5.74, 6) is -1.49. The molecule has 1 aromatic heterocycles. The Hall–Kier alpha value is -1.80. The number of benzene rings is 1. The summed E-state index contributed by atoms with van der Waals surface area (Å²) in [6.07, 6.45) is 3.20. The van der Waals surface area contributed by atoms with Crippen molar-refractivity contribution < 1.29 is 18.7 Å². The van der Waals surface area contributed by atoms with E-state index >= 15 is 0 Å².